The predicted octanol–water partition coefficient (Wildman–Crippen LogP) is 2.64. The number of likely N-dealkylation sites (tertiary alicyclic amines) is 1. The summed E-state index contributed by atoms with van der Waals surface area (Å²) in [4.78, 5) is 25.4. The molecule has 1 amide bonds. The van der Waals surface area contributed by atoms with Crippen LogP contribution in [0.15, 0.2) is 24.3 Å². The van der Waals surface area contributed by atoms with E-state index in [-0.39, 0.29) is 5.91 Å². The fourth-order valence-electron chi connectivity index (χ4n) is 2.86. The fourth-order valence-corrected chi connectivity index (χ4v) is 2.86. The zero-order valence-electron chi connectivity index (χ0n) is 12.8. The third-order valence-corrected chi connectivity index (χ3v) is 4.59. The zero-order valence-corrected chi connectivity index (χ0v) is 12.8. The molecule has 0 aromatic heterocycles. The van der Waals surface area contributed by atoms with E-state index in [1.165, 1.54) is 5.56 Å². The highest BCUT2D eigenvalue weighted by atomic mass is 16.4. The molecular formula is C17H23NO3. The van der Waals surface area contributed by atoms with Crippen LogP contribution in [0.2, 0.25) is 0 Å². The van der Waals surface area contributed by atoms with Gasteiger partial charge in [-0.15, -0.1) is 0 Å². The lowest BCUT2D eigenvalue weighted by atomic mass is 9.84. The van der Waals surface area contributed by atoms with Crippen molar-refractivity contribution in [1.82, 2.24) is 4.90 Å². The summed E-state index contributed by atoms with van der Waals surface area (Å²) >= 11 is 0. The quantitative estimate of drug-likeness (QED) is 0.906. The van der Waals surface area contributed by atoms with Crippen LogP contribution in [0.5, 0.6) is 0 Å². The predicted molar refractivity (Wildman–Crippen MR) is 81.1 cm³/mol. The topological polar surface area (TPSA) is 57.6 Å². The molecule has 1 atom stereocenters. The van der Waals surface area contributed by atoms with Crippen molar-refractivity contribution in [2.45, 2.75) is 39.5 Å². The van der Waals surface area contributed by atoms with Gasteiger partial charge in [-0.3, -0.25) is 9.59 Å². The summed E-state index contributed by atoms with van der Waals surface area (Å²) < 4.78 is 0. The van der Waals surface area contributed by atoms with E-state index >= 15 is 0 Å². The van der Waals surface area contributed by atoms with E-state index in [0.29, 0.717) is 38.8 Å². The van der Waals surface area contributed by atoms with E-state index < -0.39 is 11.4 Å². The maximum Gasteiger partial charge on any atom is 0.311 e. The van der Waals surface area contributed by atoms with Gasteiger partial charge in [0, 0.05) is 19.5 Å². The number of amides is 1. The lowest BCUT2D eigenvalue weighted by Crippen LogP contribution is -2.36. The van der Waals surface area contributed by atoms with Gasteiger partial charge in [-0.05, 0) is 31.7 Å². The van der Waals surface area contributed by atoms with Crippen molar-refractivity contribution in [1.29, 1.82) is 0 Å². The number of aliphatic carboxylic acids is 1. The molecule has 4 nitrogen and oxygen atoms in total. The van der Waals surface area contributed by atoms with E-state index in [1.54, 1.807) is 4.90 Å². The second-order valence-corrected chi connectivity index (χ2v) is 5.99. The van der Waals surface area contributed by atoms with E-state index in [9.17, 15) is 14.7 Å². The van der Waals surface area contributed by atoms with Crippen molar-refractivity contribution < 1.29 is 14.7 Å². The van der Waals surface area contributed by atoms with Gasteiger partial charge in [-0.1, -0.05) is 36.8 Å². The van der Waals surface area contributed by atoms with Gasteiger partial charge >= 0.3 is 5.97 Å². The van der Waals surface area contributed by atoms with Crippen LogP contribution in [0.1, 0.15) is 37.3 Å². The summed E-state index contributed by atoms with van der Waals surface area (Å²) in [6, 6.07) is 8.17. The first-order valence-electron chi connectivity index (χ1n) is 7.53. The Morgan fingerprint density at radius 1 is 1.29 bits per heavy atom. The highest BCUT2D eigenvalue weighted by Crippen LogP contribution is 2.34. The lowest BCUT2D eigenvalue weighted by Gasteiger charge is -2.23. The van der Waals surface area contributed by atoms with Crippen molar-refractivity contribution in [3.63, 3.8) is 0 Å². The Bertz CT molecular complexity index is 523. The van der Waals surface area contributed by atoms with E-state index in [1.807, 2.05) is 38.1 Å². The minimum Gasteiger partial charge on any atom is -0.481 e. The molecule has 1 fully saturated rings. The fraction of sp³-hybridized carbons (Fsp3) is 0.529. The number of hydrogen-bond donors (Lipinski definition) is 1. The van der Waals surface area contributed by atoms with Crippen LogP contribution in [0.25, 0.3) is 0 Å². The summed E-state index contributed by atoms with van der Waals surface area (Å²) in [5, 5.41) is 9.36. The molecular weight excluding hydrogens is 266 g/mol. The average molecular weight is 289 g/mol. The molecule has 0 aliphatic carbocycles. The van der Waals surface area contributed by atoms with Crippen LogP contribution in [-0.4, -0.2) is 35.0 Å². The maximum absolute atomic E-state index is 12.2. The van der Waals surface area contributed by atoms with Crippen LogP contribution in [0, 0.1) is 12.3 Å². The van der Waals surface area contributed by atoms with Crippen LogP contribution in [0.3, 0.4) is 0 Å². The van der Waals surface area contributed by atoms with Crippen LogP contribution < -0.4 is 0 Å². The molecule has 1 N–H and O–H groups in total. The Labute approximate surface area is 125 Å². The standard InChI is InChI=1S/C17H23NO3/c1-3-17(16(20)21)10-11-18(12-17)15(19)9-8-14-6-4-13(2)5-7-14/h4-7H,3,8-12H2,1-2H3,(H,20,21). The number of carboxylic acids is 1. The van der Waals surface area contributed by atoms with Crippen molar-refractivity contribution >= 4 is 11.9 Å². The van der Waals surface area contributed by atoms with Crippen molar-refractivity contribution in [3.8, 4) is 0 Å². The monoisotopic (exact) mass is 289 g/mol. The molecule has 1 aromatic carbocycles. The second-order valence-electron chi connectivity index (χ2n) is 5.99. The van der Waals surface area contributed by atoms with Gasteiger partial charge in [0.1, 0.15) is 0 Å². The van der Waals surface area contributed by atoms with Gasteiger partial charge in [0.25, 0.3) is 0 Å². The van der Waals surface area contributed by atoms with Gasteiger partial charge in [0.05, 0.1) is 5.41 Å². The van der Waals surface area contributed by atoms with Crippen LogP contribution in [0.4, 0.5) is 0 Å². The van der Waals surface area contributed by atoms with E-state index in [0.717, 1.165) is 5.56 Å². The first-order valence-corrected chi connectivity index (χ1v) is 7.53. The van der Waals surface area contributed by atoms with Crippen LogP contribution in [-0.2, 0) is 16.0 Å². The molecule has 1 heterocycles. The third kappa shape index (κ3) is 3.43. The number of carboxylic acid groups (broad SMARTS) is 1. The first kappa shape index (κ1) is 15.5. The zero-order chi connectivity index (χ0) is 15.5. The van der Waals surface area contributed by atoms with E-state index in [4.69, 9.17) is 0 Å². The molecule has 114 valence electrons. The highest BCUT2D eigenvalue weighted by molar-refractivity contribution is 5.80. The first-order chi connectivity index (χ1) is 9.97. The normalized spacial score (nSPS) is 21.5. The molecule has 2 rings (SSSR count). The Morgan fingerprint density at radius 2 is 1.95 bits per heavy atom. The van der Waals surface area contributed by atoms with Gasteiger partial charge < -0.3 is 10.0 Å². The molecule has 0 spiro atoms. The molecule has 1 unspecified atom stereocenters. The number of rotatable bonds is 5. The SMILES string of the molecule is CCC1(C(=O)O)CCN(C(=O)CCc2ccc(C)cc2)C1. The molecule has 0 radical (unpaired) electrons. The molecule has 1 aliphatic rings. The summed E-state index contributed by atoms with van der Waals surface area (Å²) in [5.74, 6) is -0.717. The largest absolute Gasteiger partial charge is 0.481 e. The number of carbonyl (C=O) groups excluding carboxylic acids is 1. The minimum atomic E-state index is -0.779. The van der Waals surface area contributed by atoms with Gasteiger partial charge in [-0.25, -0.2) is 0 Å². The maximum atomic E-state index is 12.2. The second kappa shape index (κ2) is 6.29. The average Bonchev–Trinajstić information content (AvgIpc) is 2.92. The number of hydrogen-bond acceptors (Lipinski definition) is 2. The molecule has 4 heteroatoms. The number of aryl methyl sites for hydroxylation is 2. The summed E-state index contributed by atoms with van der Waals surface area (Å²) in [7, 11) is 0. The highest BCUT2D eigenvalue weighted by Gasteiger charge is 2.44. The van der Waals surface area contributed by atoms with Gasteiger partial charge in [0.2, 0.25) is 5.91 Å². The van der Waals surface area contributed by atoms with Crippen LogP contribution >= 0.6 is 0 Å². The van der Waals surface area contributed by atoms with Crippen molar-refractivity contribution in [2.75, 3.05) is 13.1 Å². The summed E-state index contributed by atoms with van der Waals surface area (Å²) in [6.07, 6.45) is 2.30. The molecule has 0 bridgehead atoms. The molecule has 1 aromatic rings. The summed E-state index contributed by atoms with van der Waals surface area (Å²) in [5.41, 5.74) is 1.62. The van der Waals surface area contributed by atoms with Gasteiger partial charge in [-0.2, -0.15) is 0 Å². The smallest absolute Gasteiger partial charge is 0.311 e. The van der Waals surface area contributed by atoms with Crippen molar-refractivity contribution in [3.05, 3.63) is 35.4 Å². The Hall–Kier alpha value is -1.84. The minimum absolute atomic E-state index is 0.0622. The lowest BCUT2D eigenvalue weighted by molar-refractivity contribution is -0.148. The number of carbonyl (C=O) groups is 2. The molecule has 0 saturated carbocycles. The molecule has 21 heavy (non-hydrogen) atoms. The number of nitrogens with zero attached hydrogens (tertiary/aromatic N) is 1. The van der Waals surface area contributed by atoms with Crippen molar-refractivity contribution in [2.24, 2.45) is 5.41 Å². The Morgan fingerprint density at radius 3 is 2.48 bits per heavy atom. The Balaban J connectivity index is 1.90. The molecule has 1 aliphatic heterocycles. The molecule has 1 saturated heterocycles. The summed E-state index contributed by atoms with van der Waals surface area (Å²) in [6.45, 7) is 4.84. The third-order valence-electron chi connectivity index (χ3n) is 4.59. The van der Waals surface area contributed by atoms with Gasteiger partial charge in [0.15, 0.2) is 0 Å². The number of benzene rings is 1. The Kier molecular flexibility index (Phi) is 4.66. The van der Waals surface area contributed by atoms with E-state index in [2.05, 4.69) is 0 Å².